The van der Waals surface area contributed by atoms with Crippen LogP contribution in [0.15, 0.2) is 48.9 Å². The molecule has 0 unspecified atom stereocenters. The summed E-state index contributed by atoms with van der Waals surface area (Å²) in [5.74, 6) is 0. The predicted molar refractivity (Wildman–Crippen MR) is 104 cm³/mol. The monoisotopic (exact) mass is 385 g/mol. The lowest BCUT2D eigenvalue weighted by Gasteiger charge is -2.24. The number of nitrogens with zero attached hydrogens (tertiary/aromatic N) is 4. The fourth-order valence-corrected chi connectivity index (χ4v) is 3.46. The second-order valence-corrected chi connectivity index (χ2v) is 6.85. The largest absolute Gasteiger partial charge is 0.374 e. The number of hydrogen-bond acceptors (Lipinski definition) is 4. The van der Waals surface area contributed by atoms with E-state index in [4.69, 9.17) is 16.3 Å². The van der Waals surface area contributed by atoms with Crippen LogP contribution in [-0.4, -0.2) is 51.5 Å². The average molecular weight is 386 g/mol. The molecule has 1 saturated heterocycles. The number of ether oxygens (including phenoxy) is 1. The van der Waals surface area contributed by atoms with E-state index in [1.165, 1.54) is 0 Å². The molecule has 0 radical (unpaired) electrons. The molecule has 4 rings (SSSR count). The van der Waals surface area contributed by atoms with Crippen LogP contribution in [0.3, 0.4) is 0 Å². The molecule has 3 aromatic rings. The Labute approximate surface area is 161 Å². The molecule has 8 heteroatoms. The third-order valence-corrected chi connectivity index (χ3v) is 4.85. The lowest BCUT2D eigenvalue weighted by Crippen LogP contribution is -2.41. The van der Waals surface area contributed by atoms with E-state index in [0.717, 1.165) is 11.8 Å². The molecule has 3 heterocycles. The van der Waals surface area contributed by atoms with Crippen LogP contribution < -0.4 is 5.32 Å². The molecule has 1 aromatic carbocycles. The number of halogens is 1. The highest BCUT2D eigenvalue weighted by atomic mass is 35.5. The molecule has 2 aromatic heterocycles. The van der Waals surface area contributed by atoms with E-state index in [0.29, 0.717) is 42.5 Å². The molecule has 1 N–H and O–H groups in total. The minimum Gasteiger partial charge on any atom is -0.374 e. The van der Waals surface area contributed by atoms with Gasteiger partial charge in [0.1, 0.15) is 0 Å². The average Bonchev–Trinajstić information content (AvgIpc) is 3.08. The van der Waals surface area contributed by atoms with E-state index >= 15 is 0 Å². The molecule has 27 heavy (non-hydrogen) atoms. The zero-order chi connectivity index (χ0) is 18.6. The van der Waals surface area contributed by atoms with Gasteiger partial charge in [0.2, 0.25) is 0 Å². The Hall–Kier alpha value is -2.64. The minimum absolute atomic E-state index is 0.0956. The number of hydrogen-bond donors (Lipinski definition) is 1. The van der Waals surface area contributed by atoms with Crippen molar-refractivity contribution >= 4 is 34.2 Å². The van der Waals surface area contributed by atoms with E-state index in [1.807, 2.05) is 29.1 Å². The number of nitrogens with one attached hydrogen (secondary N) is 1. The van der Waals surface area contributed by atoms with Crippen molar-refractivity contribution in [2.24, 2.45) is 0 Å². The van der Waals surface area contributed by atoms with Crippen LogP contribution in [0.5, 0.6) is 0 Å². The standard InChI is InChI=1S/C19H20ClN5O2/c20-16-5-6-17(15-4-1-7-21-18(15)16)23-19(26)24-9-3-11-27-14(12-24)13-25-10-2-8-22-25/h1-2,4-8,10,14H,3,9,11-13H2,(H,23,26)/t14-/m0/s1. The molecule has 0 aliphatic carbocycles. The molecule has 1 fully saturated rings. The lowest BCUT2D eigenvalue weighted by atomic mass is 10.2. The van der Waals surface area contributed by atoms with Gasteiger partial charge in [-0.2, -0.15) is 5.10 Å². The first kappa shape index (κ1) is 17.8. The maximum atomic E-state index is 12.9. The number of fused-ring (bicyclic) bond motifs is 1. The molecular weight excluding hydrogens is 366 g/mol. The summed E-state index contributed by atoms with van der Waals surface area (Å²) in [5.41, 5.74) is 1.37. The summed E-state index contributed by atoms with van der Waals surface area (Å²) in [4.78, 5) is 19.0. The molecule has 1 aliphatic heterocycles. The molecule has 0 bridgehead atoms. The Morgan fingerprint density at radius 2 is 2.22 bits per heavy atom. The first-order chi connectivity index (χ1) is 13.2. The molecule has 140 valence electrons. The van der Waals surface area contributed by atoms with Crippen LogP contribution >= 0.6 is 11.6 Å². The molecule has 1 aliphatic rings. The molecule has 0 saturated carbocycles. The van der Waals surface area contributed by atoms with Gasteiger partial charge in [0.05, 0.1) is 35.4 Å². The summed E-state index contributed by atoms with van der Waals surface area (Å²) in [7, 11) is 0. The summed E-state index contributed by atoms with van der Waals surface area (Å²) >= 11 is 6.21. The topological polar surface area (TPSA) is 72.3 Å². The highest BCUT2D eigenvalue weighted by Gasteiger charge is 2.23. The van der Waals surface area contributed by atoms with Gasteiger partial charge in [-0.1, -0.05) is 11.6 Å². The Balaban J connectivity index is 1.49. The van der Waals surface area contributed by atoms with Crippen LogP contribution in [0.2, 0.25) is 5.02 Å². The van der Waals surface area contributed by atoms with Crippen molar-refractivity contribution in [1.82, 2.24) is 19.7 Å². The van der Waals surface area contributed by atoms with Crippen LogP contribution in [0.1, 0.15) is 6.42 Å². The van der Waals surface area contributed by atoms with Crippen molar-refractivity contribution in [1.29, 1.82) is 0 Å². The third kappa shape index (κ3) is 4.04. The van der Waals surface area contributed by atoms with Crippen molar-refractivity contribution in [2.75, 3.05) is 25.0 Å². The zero-order valence-electron chi connectivity index (χ0n) is 14.7. The lowest BCUT2D eigenvalue weighted by molar-refractivity contribution is 0.0442. The van der Waals surface area contributed by atoms with Crippen molar-refractivity contribution in [3.8, 4) is 0 Å². The SMILES string of the molecule is O=C(Nc1ccc(Cl)c2ncccc12)N1CCCO[C@H](Cn2cccn2)C1. The Kier molecular flexibility index (Phi) is 5.22. The van der Waals surface area contributed by atoms with Gasteiger partial charge in [0, 0.05) is 37.1 Å². The van der Waals surface area contributed by atoms with Gasteiger partial charge < -0.3 is 15.0 Å². The first-order valence-corrected chi connectivity index (χ1v) is 9.27. The number of amides is 2. The molecular formula is C19H20ClN5O2. The van der Waals surface area contributed by atoms with Crippen LogP contribution in [0.4, 0.5) is 10.5 Å². The first-order valence-electron chi connectivity index (χ1n) is 8.89. The van der Waals surface area contributed by atoms with E-state index in [-0.39, 0.29) is 12.1 Å². The van der Waals surface area contributed by atoms with E-state index < -0.39 is 0 Å². The normalized spacial score (nSPS) is 17.7. The quantitative estimate of drug-likeness (QED) is 0.749. The number of pyridine rings is 1. The van der Waals surface area contributed by atoms with E-state index in [1.54, 1.807) is 29.4 Å². The van der Waals surface area contributed by atoms with Crippen molar-refractivity contribution in [2.45, 2.75) is 19.1 Å². The Morgan fingerprint density at radius 3 is 3.07 bits per heavy atom. The van der Waals surface area contributed by atoms with Crippen molar-refractivity contribution < 1.29 is 9.53 Å². The molecule has 7 nitrogen and oxygen atoms in total. The maximum Gasteiger partial charge on any atom is 0.321 e. The minimum atomic E-state index is -0.154. The van der Waals surface area contributed by atoms with E-state index in [2.05, 4.69) is 15.4 Å². The Morgan fingerprint density at radius 1 is 1.30 bits per heavy atom. The van der Waals surface area contributed by atoms with Gasteiger partial charge in [-0.05, 0) is 36.8 Å². The number of rotatable bonds is 3. The molecule has 1 atom stereocenters. The number of benzene rings is 1. The smallest absolute Gasteiger partial charge is 0.321 e. The number of carbonyl (C=O) groups excluding carboxylic acids is 1. The summed E-state index contributed by atoms with van der Waals surface area (Å²) < 4.78 is 7.71. The number of aromatic nitrogens is 3. The van der Waals surface area contributed by atoms with Crippen LogP contribution in [-0.2, 0) is 11.3 Å². The van der Waals surface area contributed by atoms with Gasteiger partial charge in [0.15, 0.2) is 0 Å². The summed E-state index contributed by atoms with van der Waals surface area (Å²) in [6, 6.07) is 9.00. The van der Waals surface area contributed by atoms with Gasteiger partial charge in [-0.3, -0.25) is 9.67 Å². The summed E-state index contributed by atoms with van der Waals surface area (Å²) in [6.07, 6.45) is 6.02. The number of urea groups is 1. The summed E-state index contributed by atoms with van der Waals surface area (Å²) in [6.45, 7) is 2.40. The van der Waals surface area contributed by atoms with Crippen LogP contribution in [0, 0.1) is 0 Å². The summed E-state index contributed by atoms with van der Waals surface area (Å²) in [5, 5.41) is 8.60. The predicted octanol–water partition coefficient (Wildman–Crippen LogP) is 3.41. The van der Waals surface area contributed by atoms with E-state index in [9.17, 15) is 4.79 Å². The van der Waals surface area contributed by atoms with Gasteiger partial charge >= 0.3 is 6.03 Å². The van der Waals surface area contributed by atoms with Crippen molar-refractivity contribution in [3.63, 3.8) is 0 Å². The third-order valence-electron chi connectivity index (χ3n) is 4.55. The Bertz CT molecular complexity index is 931. The zero-order valence-corrected chi connectivity index (χ0v) is 15.5. The van der Waals surface area contributed by atoms with Gasteiger partial charge in [-0.25, -0.2) is 4.79 Å². The second kappa shape index (κ2) is 7.94. The highest BCUT2D eigenvalue weighted by Crippen LogP contribution is 2.28. The van der Waals surface area contributed by atoms with Gasteiger partial charge in [0.25, 0.3) is 0 Å². The maximum absolute atomic E-state index is 12.9. The molecule has 2 amide bonds. The fraction of sp³-hybridized carbons (Fsp3) is 0.316. The molecule has 0 spiro atoms. The van der Waals surface area contributed by atoms with Gasteiger partial charge in [-0.15, -0.1) is 0 Å². The fourth-order valence-electron chi connectivity index (χ4n) is 3.25. The number of carbonyl (C=O) groups is 1. The van der Waals surface area contributed by atoms with Crippen molar-refractivity contribution in [3.05, 3.63) is 53.9 Å². The highest BCUT2D eigenvalue weighted by molar-refractivity contribution is 6.35. The number of anilines is 1. The van der Waals surface area contributed by atoms with Crippen LogP contribution in [0.25, 0.3) is 10.9 Å². The second-order valence-electron chi connectivity index (χ2n) is 6.45.